The van der Waals surface area contributed by atoms with Crippen molar-refractivity contribution in [3.63, 3.8) is 0 Å². The first-order valence-electron chi connectivity index (χ1n) is 8.11. The predicted octanol–water partition coefficient (Wildman–Crippen LogP) is 4.52. The second-order valence-corrected chi connectivity index (χ2v) is 7.62. The minimum absolute atomic E-state index is 0.0443. The lowest BCUT2D eigenvalue weighted by Gasteiger charge is -2.18. The first kappa shape index (κ1) is 19.7. The van der Waals surface area contributed by atoms with E-state index in [-0.39, 0.29) is 17.9 Å². The van der Waals surface area contributed by atoms with Gasteiger partial charge in [-0.2, -0.15) is 5.10 Å². The molecule has 1 N–H and O–H groups in total. The first-order valence-corrected chi connectivity index (χ1v) is 8.90. The van der Waals surface area contributed by atoms with E-state index < -0.39 is 0 Å². The van der Waals surface area contributed by atoms with E-state index in [1.165, 1.54) is 11.8 Å². The summed E-state index contributed by atoms with van der Waals surface area (Å²) in [6.07, 6.45) is 6.75. The minimum atomic E-state index is -0.275. The molecular weight excluding hydrogens is 392 g/mol. The summed E-state index contributed by atoms with van der Waals surface area (Å²) in [5.41, 5.74) is 5.00. The van der Waals surface area contributed by atoms with E-state index in [4.69, 9.17) is 11.2 Å². The van der Waals surface area contributed by atoms with Crippen molar-refractivity contribution in [3.05, 3.63) is 63.6 Å². The summed E-state index contributed by atoms with van der Waals surface area (Å²) in [6, 6.07) is 13.0. The van der Waals surface area contributed by atoms with Crippen LogP contribution in [-0.4, -0.2) is 18.7 Å². The number of ether oxygens (including phenoxy) is 1. The lowest BCUT2D eigenvalue weighted by atomic mass is 9.87. The molecule has 0 aliphatic carbocycles. The number of halogens is 1. The molecule has 0 radical (unpaired) electrons. The zero-order valence-electron chi connectivity index (χ0n) is 15.0. The van der Waals surface area contributed by atoms with Gasteiger partial charge in [-0.25, -0.2) is 5.43 Å². The molecule has 4 nitrogen and oxygen atoms in total. The number of nitrogens with one attached hydrogen (secondary N) is 1. The second-order valence-electron chi connectivity index (χ2n) is 6.70. The van der Waals surface area contributed by atoms with Gasteiger partial charge in [-0.3, -0.25) is 4.79 Å². The molecule has 2 aromatic rings. The molecule has 0 aliphatic rings. The summed E-state index contributed by atoms with van der Waals surface area (Å²) in [5.74, 6) is 2.74. The molecule has 0 aromatic heterocycles. The Balaban J connectivity index is 2.07. The molecule has 0 atom stereocenters. The third-order valence-corrected chi connectivity index (χ3v) is 4.16. The van der Waals surface area contributed by atoms with Gasteiger partial charge >= 0.3 is 0 Å². The monoisotopic (exact) mass is 412 g/mol. The summed E-state index contributed by atoms with van der Waals surface area (Å²) in [7, 11) is 0. The zero-order valence-corrected chi connectivity index (χ0v) is 16.6. The number of nitrogens with zero attached hydrogens (tertiary/aromatic N) is 1. The molecule has 26 heavy (non-hydrogen) atoms. The maximum atomic E-state index is 12.2. The van der Waals surface area contributed by atoms with Crippen LogP contribution in [0.3, 0.4) is 0 Å². The summed E-state index contributed by atoms with van der Waals surface area (Å²) >= 11 is 3.40. The molecule has 0 saturated carbocycles. The Hall–Kier alpha value is -2.58. The van der Waals surface area contributed by atoms with Crippen LogP contribution in [0.25, 0.3) is 0 Å². The summed E-state index contributed by atoms with van der Waals surface area (Å²) in [4.78, 5) is 12.2. The number of hydrazone groups is 1. The summed E-state index contributed by atoms with van der Waals surface area (Å²) in [6.45, 7) is 6.55. The van der Waals surface area contributed by atoms with E-state index in [2.05, 4.69) is 53.1 Å². The van der Waals surface area contributed by atoms with Gasteiger partial charge in [0.25, 0.3) is 5.91 Å². The molecule has 0 spiro atoms. The van der Waals surface area contributed by atoms with Crippen molar-refractivity contribution < 1.29 is 9.53 Å². The molecular formula is C21H21BrN2O2. The Labute approximate surface area is 162 Å². The number of hydrogen-bond acceptors (Lipinski definition) is 3. The van der Waals surface area contributed by atoms with Gasteiger partial charge in [0.05, 0.1) is 6.21 Å². The van der Waals surface area contributed by atoms with Crippen LogP contribution in [0.5, 0.6) is 5.75 Å². The molecule has 5 heteroatoms. The Morgan fingerprint density at radius 3 is 2.58 bits per heavy atom. The predicted molar refractivity (Wildman–Crippen MR) is 109 cm³/mol. The number of rotatable bonds is 5. The molecule has 1 amide bonds. The van der Waals surface area contributed by atoms with Crippen molar-refractivity contribution in [2.75, 3.05) is 6.61 Å². The highest BCUT2D eigenvalue weighted by molar-refractivity contribution is 9.10. The number of carbonyl (C=O) groups is 1. The summed E-state index contributed by atoms with van der Waals surface area (Å²) < 4.78 is 6.34. The molecule has 0 bridgehead atoms. The van der Waals surface area contributed by atoms with Gasteiger partial charge in [-0.1, -0.05) is 54.8 Å². The van der Waals surface area contributed by atoms with Crippen LogP contribution in [0, 0.1) is 12.3 Å². The molecule has 2 aromatic carbocycles. The van der Waals surface area contributed by atoms with Gasteiger partial charge in [-0.15, -0.1) is 6.42 Å². The largest absolute Gasteiger partial charge is 0.480 e. The van der Waals surface area contributed by atoms with Crippen molar-refractivity contribution in [2.24, 2.45) is 5.10 Å². The standard InChI is InChI=1S/C21H21BrN2O2/c1-5-12-26-19-11-10-18(22)13-16(19)14-23-24-20(25)15-6-8-17(9-7-15)21(2,3)4/h1,6-11,13-14H,12H2,2-4H3,(H,24,25)/b23-14-. The molecule has 0 unspecified atom stereocenters. The average Bonchev–Trinajstić information content (AvgIpc) is 2.60. The van der Waals surface area contributed by atoms with E-state index in [1.807, 2.05) is 24.3 Å². The maximum absolute atomic E-state index is 12.2. The molecule has 0 saturated heterocycles. The molecule has 0 aliphatic heterocycles. The Morgan fingerprint density at radius 2 is 1.96 bits per heavy atom. The van der Waals surface area contributed by atoms with E-state index in [0.29, 0.717) is 16.9 Å². The van der Waals surface area contributed by atoms with Gasteiger partial charge in [0.15, 0.2) is 0 Å². The number of benzene rings is 2. The Kier molecular flexibility index (Phi) is 6.59. The Morgan fingerprint density at radius 1 is 1.27 bits per heavy atom. The van der Waals surface area contributed by atoms with E-state index in [0.717, 1.165) is 4.47 Å². The average molecular weight is 413 g/mol. The number of amides is 1. The SMILES string of the molecule is C#CCOc1ccc(Br)cc1/C=N\NC(=O)c1ccc(C(C)(C)C)cc1. The fraction of sp³-hybridized carbons (Fsp3) is 0.238. The fourth-order valence-corrected chi connectivity index (χ4v) is 2.60. The lowest BCUT2D eigenvalue weighted by Crippen LogP contribution is -2.18. The number of hydrogen-bond donors (Lipinski definition) is 1. The van der Waals surface area contributed by atoms with Gasteiger partial charge in [-0.05, 0) is 41.3 Å². The molecule has 2 rings (SSSR count). The molecule has 0 heterocycles. The third-order valence-electron chi connectivity index (χ3n) is 3.67. The lowest BCUT2D eigenvalue weighted by molar-refractivity contribution is 0.0955. The van der Waals surface area contributed by atoms with E-state index >= 15 is 0 Å². The van der Waals surface area contributed by atoms with Crippen LogP contribution in [0.4, 0.5) is 0 Å². The first-order chi connectivity index (χ1) is 12.3. The third kappa shape index (κ3) is 5.47. The van der Waals surface area contributed by atoms with Crippen molar-refractivity contribution in [1.82, 2.24) is 5.43 Å². The summed E-state index contributed by atoms with van der Waals surface area (Å²) in [5, 5.41) is 4.02. The van der Waals surface area contributed by atoms with Gasteiger partial charge < -0.3 is 4.74 Å². The second kappa shape index (κ2) is 8.68. The van der Waals surface area contributed by atoms with Crippen molar-refractivity contribution >= 4 is 28.1 Å². The highest BCUT2D eigenvalue weighted by Crippen LogP contribution is 2.23. The quantitative estimate of drug-likeness (QED) is 0.445. The van der Waals surface area contributed by atoms with E-state index in [1.54, 1.807) is 18.2 Å². The smallest absolute Gasteiger partial charge is 0.271 e. The van der Waals surface area contributed by atoms with Crippen molar-refractivity contribution in [2.45, 2.75) is 26.2 Å². The topological polar surface area (TPSA) is 50.7 Å². The van der Waals surface area contributed by atoms with Gasteiger partial charge in [0, 0.05) is 15.6 Å². The number of carbonyl (C=O) groups excluding carboxylic acids is 1. The Bertz CT molecular complexity index is 844. The van der Waals surface area contributed by atoms with Gasteiger partial charge in [0.2, 0.25) is 0 Å². The van der Waals surface area contributed by atoms with Gasteiger partial charge in [0.1, 0.15) is 12.4 Å². The zero-order chi connectivity index (χ0) is 19.2. The highest BCUT2D eigenvalue weighted by Gasteiger charge is 2.14. The highest BCUT2D eigenvalue weighted by atomic mass is 79.9. The normalized spacial score (nSPS) is 11.2. The van der Waals surface area contributed by atoms with Crippen LogP contribution in [-0.2, 0) is 5.41 Å². The van der Waals surface area contributed by atoms with Crippen LogP contribution in [0.2, 0.25) is 0 Å². The fourth-order valence-electron chi connectivity index (χ4n) is 2.22. The van der Waals surface area contributed by atoms with Crippen LogP contribution in [0.1, 0.15) is 42.3 Å². The molecule has 0 fully saturated rings. The maximum Gasteiger partial charge on any atom is 0.271 e. The van der Waals surface area contributed by atoms with Crippen LogP contribution in [0.15, 0.2) is 52.0 Å². The van der Waals surface area contributed by atoms with E-state index in [9.17, 15) is 4.79 Å². The molecule has 134 valence electrons. The minimum Gasteiger partial charge on any atom is -0.480 e. The van der Waals surface area contributed by atoms with Crippen LogP contribution < -0.4 is 10.2 Å². The van der Waals surface area contributed by atoms with Crippen LogP contribution >= 0.6 is 15.9 Å². The number of terminal acetylenes is 1. The van der Waals surface area contributed by atoms with Crippen molar-refractivity contribution in [3.8, 4) is 18.1 Å². The van der Waals surface area contributed by atoms with Crippen molar-refractivity contribution in [1.29, 1.82) is 0 Å².